The molecule has 4 aromatic rings. The second-order valence-corrected chi connectivity index (χ2v) is 7.66. The van der Waals surface area contributed by atoms with Crippen molar-refractivity contribution in [1.29, 1.82) is 0 Å². The Balaban J connectivity index is 1.31. The van der Waals surface area contributed by atoms with E-state index in [2.05, 4.69) is 16.4 Å². The van der Waals surface area contributed by atoms with Crippen molar-refractivity contribution in [2.24, 2.45) is 0 Å². The first-order chi connectivity index (χ1) is 16.6. The summed E-state index contributed by atoms with van der Waals surface area (Å²) in [6.07, 6.45) is 4.25. The lowest BCUT2D eigenvalue weighted by atomic mass is 10.1. The Morgan fingerprint density at radius 2 is 1.76 bits per heavy atom. The van der Waals surface area contributed by atoms with Crippen molar-refractivity contribution in [3.05, 3.63) is 108 Å². The van der Waals surface area contributed by atoms with Crippen LogP contribution in [0.15, 0.2) is 89.4 Å². The minimum Gasteiger partial charge on any atom is -0.497 e. The molecule has 0 aliphatic rings. The molecule has 6 heteroatoms. The topological polar surface area (TPSA) is 73.6 Å². The van der Waals surface area contributed by atoms with E-state index >= 15 is 0 Å². The van der Waals surface area contributed by atoms with Crippen molar-refractivity contribution < 1.29 is 18.7 Å². The number of benzene rings is 3. The molecule has 0 aliphatic heterocycles. The van der Waals surface area contributed by atoms with Crippen LogP contribution < -0.4 is 14.8 Å². The maximum absolute atomic E-state index is 12.1. The third kappa shape index (κ3) is 6.13. The zero-order valence-corrected chi connectivity index (χ0v) is 19.2. The molecular weight excluding hydrogens is 428 g/mol. The number of aryl methyl sites for hydroxylation is 1. The molecule has 3 aromatic carbocycles. The Morgan fingerprint density at radius 1 is 1.00 bits per heavy atom. The van der Waals surface area contributed by atoms with Crippen LogP contribution in [0.3, 0.4) is 0 Å². The molecule has 4 rings (SSSR count). The average molecular weight is 455 g/mol. The molecule has 172 valence electrons. The van der Waals surface area contributed by atoms with Gasteiger partial charge in [0.05, 0.1) is 12.8 Å². The third-order valence-corrected chi connectivity index (χ3v) is 5.19. The number of nitrogens with one attached hydrogen (secondary N) is 1. The molecule has 0 fully saturated rings. The number of allylic oxidation sites excluding steroid dienone is 1. The molecule has 34 heavy (non-hydrogen) atoms. The van der Waals surface area contributed by atoms with E-state index in [-0.39, 0.29) is 0 Å². The number of aromatic nitrogens is 1. The van der Waals surface area contributed by atoms with Crippen LogP contribution >= 0.6 is 0 Å². The van der Waals surface area contributed by atoms with E-state index in [1.54, 1.807) is 31.4 Å². The molecule has 0 saturated heterocycles. The Bertz CT molecular complexity index is 1260. The molecule has 6 nitrogen and oxygen atoms in total. The van der Waals surface area contributed by atoms with Crippen LogP contribution in [0.1, 0.15) is 22.6 Å². The van der Waals surface area contributed by atoms with Gasteiger partial charge in [0.25, 0.3) is 0 Å². The normalized spacial score (nSPS) is 10.9. The maximum Gasteiger partial charge on any atom is 0.412 e. The highest BCUT2D eigenvalue weighted by molar-refractivity contribution is 5.70. The van der Waals surface area contributed by atoms with Crippen LogP contribution in [0.2, 0.25) is 0 Å². The van der Waals surface area contributed by atoms with Gasteiger partial charge >= 0.3 is 6.09 Å². The molecule has 1 aromatic heterocycles. The molecule has 1 amide bonds. The predicted molar refractivity (Wildman–Crippen MR) is 132 cm³/mol. The number of rotatable bonds is 8. The number of hydrogen-bond acceptors (Lipinski definition) is 5. The van der Waals surface area contributed by atoms with Gasteiger partial charge in [0.2, 0.25) is 5.89 Å². The highest BCUT2D eigenvalue weighted by Gasteiger charge is 2.10. The molecule has 0 atom stereocenters. The molecular formula is C28H26N2O4. The smallest absolute Gasteiger partial charge is 0.412 e. The monoisotopic (exact) mass is 454 g/mol. The summed E-state index contributed by atoms with van der Waals surface area (Å²) in [4.78, 5) is 16.7. The van der Waals surface area contributed by atoms with E-state index in [9.17, 15) is 4.79 Å². The molecule has 0 aliphatic carbocycles. The Labute approximate surface area is 198 Å². The van der Waals surface area contributed by atoms with Gasteiger partial charge in [0.1, 0.15) is 17.3 Å². The minimum atomic E-state index is -0.512. The van der Waals surface area contributed by atoms with Gasteiger partial charge in [0, 0.05) is 18.5 Å². The van der Waals surface area contributed by atoms with Gasteiger partial charge in [-0.2, -0.15) is 0 Å². The first kappa shape index (κ1) is 22.9. The van der Waals surface area contributed by atoms with E-state index in [4.69, 9.17) is 13.9 Å². The second kappa shape index (κ2) is 11.0. The van der Waals surface area contributed by atoms with Crippen LogP contribution in [0.5, 0.6) is 11.5 Å². The predicted octanol–water partition coefficient (Wildman–Crippen LogP) is 6.20. The van der Waals surface area contributed by atoms with Crippen molar-refractivity contribution in [2.45, 2.75) is 19.9 Å². The summed E-state index contributed by atoms with van der Waals surface area (Å²) in [6.45, 7) is 2.29. The van der Waals surface area contributed by atoms with Crippen molar-refractivity contribution in [3.63, 3.8) is 0 Å². The lowest BCUT2D eigenvalue weighted by Gasteiger charge is -2.08. The van der Waals surface area contributed by atoms with Crippen molar-refractivity contribution in [3.8, 4) is 23.0 Å². The fourth-order valence-corrected chi connectivity index (χ4v) is 3.40. The number of carbonyl (C=O) groups excluding carboxylic acids is 1. The first-order valence-electron chi connectivity index (χ1n) is 11.0. The van der Waals surface area contributed by atoms with Crippen LogP contribution in [-0.4, -0.2) is 18.2 Å². The Kier molecular flexibility index (Phi) is 7.40. The average Bonchev–Trinajstić information content (AvgIpc) is 3.24. The highest BCUT2D eigenvalue weighted by atomic mass is 16.6. The highest BCUT2D eigenvalue weighted by Crippen LogP contribution is 2.22. The summed E-state index contributed by atoms with van der Waals surface area (Å²) in [5.74, 6) is 2.61. The first-order valence-corrected chi connectivity index (χ1v) is 11.0. The maximum atomic E-state index is 12.1. The largest absolute Gasteiger partial charge is 0.497 e. The van der Waals surface area contributed by atoms with Gasteiger partial charge in [-0.15, -0.1) is 0 Å². The zero-order valence-electron chi connectivity index (χ0n) is 19.2. The van der Waals surface area contributed by atoms with Crippen molar-refractivity contribution >= 4 is 12.2 Å². The quantitative estimate of drug-likeness (QED) is 0.343. The van der Waals surface area contributed by atoms with E-state index < -0.39 is 6.09 Å². The van der Waals surface area contributed by atoms with E-state index in [1.807, 2.05) is 67.6 Å². The van der Waals surface area contributed by atoms with Crippen molar-refractivity contribution in [2.75, 3.05) is 7.11 Å². The lowest BCUT2D eigenvalue weighted by Crippen LogP contribution is -2.26. The van der Waals surface area contributed by atoms with Crippen molar-refractivity contribution in [1.82, 2.24) is 10.3 Å². The standard InChI is InChI=1S/C28H26N2O4/c1-20-26(30-27(33-20)23-11-4-3-5-12-23)13-7-9-21-8-6-10-22(18-21)19-29-28(31)34-25-16-14-24(32-2)15-17-25/h3-12,14-18H,13,19H2,1-2H3,(H,29,31)/b9-7-. The summed E-state index contributed by atoms with van der Waals surface area (Å²) in [7, 11) is 1.59. The summed E-state index contributed by atoms with van der Waals surface area (Å²) in [5.41, 5.74) is 3.88. The molecule has 0 bridgehead atoms. The fraction of sp³-hybridized carbons (Fsp3) is 0.143. The van der Waals surface area contributed by atoms with Crippen LogP contribution in [0.25, 0.3) is 17.5 Å². The van der Waals surface area contributed by atoms with Gasteiger partial charge in [0.15, 0.2) is 0 Å². The molecule has 0 spiro atoms. The lowest BCUT2D eigenvalue weighted by molar-refractivity contribution is 0.200. The molecule has 0 saturated carbocycles. The fourth-order valence-electron chi connectivity index (χ4n) is 3.40. The van der Waals surface area contributed by atoms with Gasteiger partial charge in [-0.25, -0.2) is 9.78 Å². The summed E-state index contributed by atoms with van der Waals surface area (Å²) >= 11 is 0. The Morgan fingerprint density at radius 3 is 2.53 bits per heavy atom. The van der Waals surface area contributed by atoms with E-state index in [0.29, 0.717) is 30.4 Å². The zero-order chi connectivity index (χ0) is 23.8. The molecule has 0 unspecified atom stereocenters. The molecule has 1 N–H and O–H groups in total. The number of nitrogens with zero attached hydrogens (tertiary/aromatic N) is 1. The van der Waals surface area contributed by atoms with Gasteiger partial charge in [-0.05, 0) is 60.5 Å². The Hall–Kier alpha value is -4.32. The number of ether oxygens (including phenoxy) is 2. The van der Waals surface area contributed by atoms with E-state index in [1.165, 1.54) is 0 Å². The van der Waals surface area contributed by atoms with Gasteiger partial charge < -0.3 is 19.2 Å². The van der Waals surface area contributed by atoms with Gasteiger partial charge in [-0.3, -0.25) is 0 Å². The molecule has 0 radical (unpaired) electrons. The third-order valence-electron chi connectivity index (χ3n) is 5.19. The number of amides is 1. The second-order valence-electron chi connectivity index (χ2n) is 7.66. The van der Waals surface area contributed by atoms with Crippen LogP contribution in [0, 0.1) is 6.92 Å². The number of methoxy groups -OCH3 is 1. The summed E-state index contributed by atoms with van der Waals surface area (Å²) in [5, 5.41) is 2.77. The van der Waals surface area contributed by atoms with Gasteiger partial charge in [-0.1, -0.05) is 48.6 Å². The number of hydrogen-bond donors (Lipinski definition) is 1. The van der Waals surface area contributed by atoms with Crippen LogP contribution in [-0.2, 0) is 13.0 Å². The number of oxazole rings is 1. The minimum absolute atomic E-state index is 0.361. The summed E-state index contributed by atoms with van der Waals surface area (Å²) in [6, 6.07) is 24.7. The summed E-state index contributed by atoms with van der Waals surface area (Å²) < 4.78 is 16.2. The number of carbonyl (C=O) groups is 1. The van der Waals surface area contributed by atoms with E-state index in [0.717, 1.165) is 28.1 Å². The van der Waals surface area contributed by atoms with Crippen LogP contribution in [0.4, 0.5) is 4.79 Å². The molecule has 1 heterocycles. The SMILES string of the molecule is COc1ccc(OC(=O)NCc2cccc(/C=C\Cc3nc(-c4ccccc4)oc3C)c2)cc1.